The van der Waals surface area contributed by atoms with Gasteiger partial charge in [0.1, 0.15) is 6.04 Å². The van der Waals surface area contributed by atoms with Gasteiger partial charge in [-0.15, -0.1) is 11.8 Å². The van der Waals surface area contributed by atoms with E-state index in [2.05, 4.69) is 6.08 Å². The number of amides is 3. The number of benzene rings is 4. The monoisotopic (exact) mass is 641 g/mol. The number of rotatable bonds is 5. The number of thioether (sulfide) groups is 1. The molecule has 0 aromatic heterocycles. The third-order valence-corrected chi connectivity index (χ3v) is 12.1. The first-order chi connectivity index (χ1) is 22.9. The molecule has 4 aromatic rings. The molecule has 2 fully saturated rings. The van der Waals surface area contributed by atoms with E-state index in [-0.39, 0.29) is 24.3 Å². The molecule has 1 unspecified atom stereocenters. The number of anilines is 2. The van der Waals surface area contributed by atoms with Crippen molar-refractivity contribution in [3.8, 4) is 0 Å². The molecule has 0 bridgehead atoms. The standard InChI is InChI=1S/C39H35N3O4S/c1-38-20-10-22-40(29-16-6-3-7-17-29)35(44)32(38)33-36(45)42(31(25-43)27-13-4-2-5-14-27)34-37(46)41(23-11-21-39(33,34)47-38)30-19-18-26-12-8-9-15-28(26)24-30/h2-21,24,31-34,43H,22-23,25H2,1H3/t31-,32+,33+,34?,38-,39+/m1/s1. The van der Waals surface area contributed by atoms with E-state index < -0.39 is 33.4 Å². The van der Waals surface area contributed by atoms with Crippen LogP contribution in [0.3, 0.4) is 0 Å². The third-order valence-electron chi connectivity index (χ3n) is 10.3. The topological polar surface area (TPSA) is 81.2 Å². The quantitative estimate of drug-likeness (QED) is 0.280. The second-order valence-corrected chi connectivity index (χ2v) is 14.7. The lowest BCUT2D eigenvalue weighted by atomic mass is 9.74. The molecule has 6 atom stereocenters. The van der Waals surface area contributed by atoms with Crippen LogP contribution in [0.25, 0.3) is 10.8 Å². The molecular formula is C39H35N3O4S. The lowest BCUT2D eigenvalue weighted by Crippen LogP contribution is -2.54. The minimum atomic E-state index is -1.04. The molecule has 0 saturated carbocycles. The number of carbonyl (C=O) groups excluding carboxylic acids is 3. The molecule has 47 heavy (non-hydrogen) atoms. The molecule has 7 nitrogen and oxygen atoms in total. The fourth-order valence-corrected chi connectivity index (χ4v) is 10.4. The maximum absolute atomic E-state index is 15.1. The van der Waals surface area contributed by atoms with E-state index in [1.807, 2.05) is 128 Å². The van der Waals surface area contributed by atoms with Crippen molar-refractivity contribution < 1.29 is 19.5 Å². The predicted molar refractivity (Wildman–Crippen MR) is 186 cm³/mol. The first-order valence-corrected chi connectivity index (χ1v) is 16.9. The molecule has 8 heteroatoms. The van der Waals surface area contributed by atoms with Gasteiger partial charge in [0, 0.05) is 29.2 Å². The zero-order chi connectivity index (χ0) is 32.3. The molecule has 1 N–H and O–H groups in total. The maximum Gasteiger partial charge on any atom is 0.251 e. The fourth-order valence-electron chi connectivity index (χ4n) is 8.24. The smallest absolute Gasteiger partial charge is 0.251 e. The predicted octanol–water partition coefficient (Wildman–Crippen LogP) is 5.77. The van der Waals surface area contributed by atoms with E-state index in [0.717, 1.165) is 27.7 Å². The van der Waals surface area contributed by atoms with E-state index >= 15 is 9.59 Å². The fraction of sp³-hybridized carbons (Fsp3) is 0.256. The van der Waals surface area contributed by atoms with E-state index in [4.69, 9.17) is 0 Å². The average molecular weight is 642 g/mol. The second kappa shape index (κ2) is 11.2. The van der Waals surface area contributed by atoms with Gasteiger partial charge < -0.3 is 19.8 Å². The summed E-state index contributed by atoms with van der Waals surface area (Å²) in [7, 11) is 0. The van der Waals surface area contributed by atoms with Crippen molar-refractivity contribution in [3.05, 3.63) is 133 Å². The van der Waals surface area contributed by atoms with E-state index in [0.29, 0.717) is 13.1 Å². The summed E-state index contributed by atoms with van der Waals surface area (Å²) in [5, 5.41) is 13.0. The van der Waals surface area contributed by atoms with Gasteiger partial charge in [-0.2, -0.15) is 0 Å². The Labute approximate surface area is 278 Å². The largest absolute Gasteiger partial charge is 0.394 e. The van der Waals surface area contributed by atoms with E-state index in [1.54, 1.807) is 26.5 Å². The SMILES string of the molecule is C[C@@]12C=CCN(c3ccccc3)C(=O)[C@@H]1[C@H]1C(=O)N([C@H](CO)c3ccccc3)C3C(=O)N(c4ccc5ccccc5c4)CC=C[C@@]31S2. The Morgan fingerprint density at radius 3 is 2.09 bits per heavy atom. The Hall–Kier alpha value is -4.66. The number of nitrogens with zero attached hydrogens (tertiary/aromatic N) is 3. The zero-order valence-electron chi connectivity index (χ0n) is 26.0. The summed E-state index contributed by atoms with van der Waals surface area (Å²) >= 11 is 1.55. The van der Waals surface area contributed by atoms with Crippen LogP contribution in [0.4, 0.5) is 11.4 Å². The van der Waals surface area contributed by atoms with Crippen molar-refractivity contribution in [1.29, 1.82) is 0 Å². The van der Waals surface area contributed by atoms with Crippen molar-refractivity contribution in [2.45, 2.75) is 28.5 Å². The van der Waals surface area contributed by atoms with Gasteiger partial charge in [-0.1, -0.05) is 103 Å². The maximum atomic E-state index is 15.1. The molecule has 236 valence electrons. The average Bonchev–Trinajstić information content (AvgIpc) is 3.36. The number of carbonyl (C=O) groups is 3. The minimum absolute atomic E-state index is 0.135. The Morgan fingerprint density at radius 2 is 1.36 bits per heavy atom. The number of hydrogen-bond donors (Lipinski definition) is 1. The number of aliphatic hydroxyl groups excluding tert-OH is 1. The van der Waals surface area contributed by atoms with Crippen molar-refractivity contribution in [3.63, 3.8) is 0 Å². The minimum Gasteiger partial charge on any atom is -0.394 e. The van der Waals surface area contributed by atoms with Gasteiger partial charge in [-0.05, 0) is 47.5 Å². The zero-order valence-corrected chi connectivity index (χ0v) is 26.8. The van der Waals surface area contributed by atoms with Crippen LogP contribution in [0.1, 0.15) is 18.5 Å². The van der Waals surface area contributed by atoms with E-state index in [9.17, 15) is 9.90 Å². The lowest BCUT2D eigenvalue weighted by molar-refractivity contribution is -0.142. The summed E-state index contributed by atoms with van der Waals surface area (Å²) in [5.74, 6) is -2.19. The molecule has 0 radical (unpaired) electrons. The lowest BCUT2D eigenvalue weighted by Gasteiger charge is -2.40. The van der Waals surface area contributed by atoms with Crippen LogP contribution in [-0.2, 0) is 14.4 Å². The number of likely N-dealkylation sites (tertiary alicyclic amines) is 1. The molecule has 4 heterocycles. The Kier molecular flexibility index (Phi) is 7.11. The van der Waals surface area contributed by atoms with E-state index in [1.165, 1.54) is 0 Å². The summed E-state index contributed by atoms with van der Waals surface area (Å²) in [6.45, 7) is 2.38. The normalized spacial score (nSPS) is 29.0. The highest BCUT2D eigenvalue weighted by molar-refractivity contribution is 8.02. The Balaban J connectivity index is 1.29. The van der Waals surface area contributed by atoms with Gasteiger partial charge in [0.2, 0.25) is 11.8 Å². The van der Waals surface area contributed by atoms with Crippen LogP contribution in [0.2, 0.25) is 0 Å². The van der Waals surface area contributed by atoms with Crippen LogP contribution >= 0.6 is 11.8 Å². The van der Waals surface area contributed by atoms with Crippen molar-refractivity contribution in [1.82, 2.24) is 4.90 Å². The van der Waals surface area contributed by atoms with Crippen LogP contribution < -0.4 is 9.80 Å². The van der Waals surface area contributed by atoms with Gasteiger partial charge >= 0.3 is 0 Å². The molecule has 2 saturated heterocycles. The van der Waals surface area contributed by atoms with Crippen molar-refractivity contribution in [2.75, 3.05) is 29.5 Å². The van der Waals surface area contributed by atoms with Crippen LogP contribution in [0, 0.1) is 11.8 Å². The highest BCUT2D eigenvalue weighted by Gasteiger charge is 2.74. The third kappa shape index (κ3) is 4.49. The summed E-state index contributed by atoms with van der Waals surface area (Å²) in [6.07, 6.45) is 8.09. The summed E-state index contributed by atoms with van der Waals surface area (Å²) in [6, 6.07) is 31.2. The summed E-state index contributed by atoms with van der Waals surface area (Å²) in [4.78, 5) is 50.1. The van der Waals surface area contributed by atoms with Crippen LogP contribution in [0.5, 0.6) is 0 Å². The first-order valence-electron chi connectivity index (χ1n) is 16.1. The number of aliphatic hydroxyl groups is 1. The molecule has 3 amide bonds. The van der Waals surface area contributed by atoms with Crippen molar-refractivity contribution >= 4 is 51.6 Å². The van der Waals surface area contributed by atoms with Crippen LogP contribution in [-0.4, -0.2) is 63.0 Å². The highest BCUT2D eigenvalue weighted by Crippen LogP contribution is 2.66. The Morgan fingerprint density at radius 1 is 0.723 bits per heavy atom. The molecule has 1 spiro atoms. The number of fused-ring (bicyclic) bond motifs is 3. The number of para-hydroxylation sites is 1. The molecule has 4 aliphatic heterocycles. The number of hydrogen-bond acceptors (Lipinski definition) is 5. The molecule has 4 aliphatic rings. The van der Waals surface area contributed by atoms with Gasteiger partial charge in [-0.3, -0.25) is 14.4 Å². The van der Waals surface area contributed by atoms with Gasteiger partial charge in [0.05, 0.1) is 29.2 Å². The molecule has 0 aliphatic carbocycles. The summed E-state index contributed by atoms with van der Waals surface area (Å²) < 4.78 is -1.78. The Bertz CT molecular complexity index is 1950. The molecular weight excluding hydrogens is 607 g/mol. The van der Waals surface area contributed by atoms with Gasteiger partial charge in [0.25, 0.3) is 5.91 Å². The summed E-state index contributed by atoms with van der Waals surface area (Å²) in [5.41, 5.74) is 2.24. The highest BCUT2D eigenvalue weighted by atomic mass is 32.2. The van der Waals surface area contributed by atoms with Crippen molar-refractivity contribution in [2.24, 2.45) is 11.8 Å². The first kappa shape index (κ1) is 29.7. The van der Waals surface area contributed by atoms with Gasteiger partial charge in [0.15, 0.2) is 0 Å². The second-order valence-electron chi connectivity index (χ2n) is 12.9. The van der Waals surface area contributed by atoms with Crippen LogP contribution in [0.15, 0.2) is 127 Å². The molecule has 4 aromatic carbocycles. The molecule has 8 rings (SSSR count). The van der Waals surface area contributed by atoms with Gasteiger partial charge in [-0.25, -0.2) is 0 Å².